The highest BCUT2D eigenvalue weighted by molar-refractivity contribution is 5.76. The number of rotatable bonds is 5. The summed E-state index contributed by atoms with van der Waals surface area (Å²) in [5, 5.41) is 0. The zero-order valence-electron chi connectivity index (χ0n) is 12.7. The fraction of sp³-hybridized carbons (Fsp3) is 0.467. The first kappa shape index (κ1) is 15.4. The summed E-state index contributed by atoms with van der Waals surface area (Å²) < 4.78 is 7.48. The third-order valence-electron chi connectivity index (χ3n) is 3.83. The molecule has 0 saturated carbocycles. The van der Waals surface area contributed by atoms with E-state index in [2.05, 4.69) is 15.0 Å². The van der Waals surface area contributed by atoms with Gasteiger partial charge in [-0.2, -0.15) is 0 Å². The molecule has 1 amide bonds. The summed E-state index contributed by atoms with van der Waals surface area (Å²) in [6.07, 6.45) is 7.81. The van der Waals surface area contributed by atoms with Gasteiger partial charge in [-0.25, -0.2) is 9.97 Å². The Kier molecular flexibility index (Phi) is 4.82. The van der Waals surface area contributed by atoms with E-state index in [1.54, 1.807) is 23.3 Å². The third kappa shape index (κ3) is 4.26. The number of aromatic amines is 1. The minimum Gasteiger partial charge on any atom is -0.375 e. The van der Waals surface area contributed by atoms with E-state index in [1.807, 2.05) is 4.90 Å². The standard InChI is InChI=1S/C15H19N5O3/c21-14-7-12(17-10-18-14)1-2-13-8-20(5-6-23-13)15(22)9-19-4-3-16-11-19/h3-4,7,10-11,13H,1-2,5-6,8-9H2,(H,17,18,21)/t13-/m0/s1. The molecule has 23 heavy (non-hydrogen) atoms. The van der Waals surface area contributed by atoms with Crippen LogP contribution in [-0.4, -0.2) is 56.1 Å². The molecule has 1 aliphatic rings. The molecule has 2 aromatic rings. The molecule has 8 heteroatoms. The molecule has 0 bridgehead atoms. The van der Waals surface area contributed by atoms with E-state index in [4.69, 9.17) is 4.74 Å². The van der Waals surface area contributed by atoms with Crippen molar-refractivity contribution < 1.29 is 9.53 Å². The first-order valence-corrected chi connectivity index (χ1v) is 7.59. The van der Waals surface area contributed by atoms with Gasteiger partial charge < -0.3 is 19.2 Å². The summed E-state index contributed by atoms with van der Waals surface area (Å²) in [5.74, 6) is 0.0607. The molecular weight excluding hydrogens is 298 g/mol. The summed E-state index contributed by atoms with van der Waals surface area (Å²) >= 11 is 0. The summed E-state index contributed by atoms with van der Waals surface area (Å²) in [7, 11) is 0. The molecule has 1 atom stereocenters. The van der Waals surface area contributed by atoms with Gasteiger partial charge >= 0.3 is 0 Å². The quantitative estimate of drug-likeness (QED) is 0.826. The molecule has 3 heterocycles. The molecule has 0 spiro atoms. The first-order valence-electron chi connectivity index (χ1n) is 7.59. The van der Waals surface area contributed by atoms with E-state index in [0.29, 0.717) is 32.7 Å². The number of amides is 1. The van der Waals surface area contributed by atoms with Crippen LogP contribution >= 0.6 is 0 Å². The number of imidazole rings is 1. The summed E-state index contributed by atoms with van der Waals surface area (Å²) in [5.41, 5.74) is 0.580. The number of nitrogens with zero attached hydrogens (tertiary/aromatic N) is 4. The first-order chi connectivity index (χ1) is 11.2. The maximum absolute atomic E-state index is 12.3. The van der Waals surface area contributed by atoms with E-state index < -0.39 is 0 Å². The van der Waals surface area contributed by atoms with Crippen molar-refractivity contribution in [2.45, 2.75) is 25.5 Å². The van der Waals surface area contributed by atoms with Gasteiger partial charge in [0.2, 0.25) is 5.91 Å². The normalized spacial score (nSPS) is 18.1. The lowest BCUT2D eigenvalue weighted by Gasteiger charge is -2.33. The van der Waals surface area contributed by atoms with Crippen LogP contribution in [0.5, 0.6) is 0 Å². The van der Waals surface area contributed by atoms with Crippen LogP contribution < -0.4 is 5.56 Å². The Morgan fingerprint density at radius 2 is 2.39 bits per heavy atom. The van der Waals surface area contributed by atoms with Crippen LogP contribution in [0.3, 0.4) is 0 Å². The lowest BCUT2D eigenvalue weighted by Crippen LogP contribution is -2.46. The van der Waals surface area contributed by atoms with Crippen molar-refractivity contribution in [2.24, 2.45) is 0 Å². The minimum atomic E-state index is -0.156. The van der Waals surface area contributed by atoms with Crippen molar-refractivity contribution in [3.63, 3.8) is 0 Å². The number of aryl methyl sites for hydroxylation is 1. The van der Waals surface area contributed by atoms with Gasteiger partial charge in [0.25, 0.3) is 5.56 Å². The Morgan fingerprint density at radius 1 is 1.48 bits per heavy atom. The molecule has 122 valence electrons. The number of hydrogen-bond acceptors (Lipinski definition) is 5. The second-order valence-electron chi connectivity index (χ2n) is 5.51. The Labute approximate surface area is 133 Å². The predicted molar refractivity (Wildman–Crippen MR) is 81.7 cm³/mol. The molecule has 1 fully saturated rings. The second-order valence-corrected chi connectivity index (χ2v) is 5.51. The fourth-order valence-corrected chi connectivity index (χ4v) is 2.61. The van der Waals surface area contributed by atoms with Crippen LogP contribution in [0.1, 0.15) is 12.1 Å². The van der Waals surface area contributed by atoms with Gasteiger partial charge in [-0.05, 0) is 12.8 Å². The zero-order chi connectivity index (χ0) is 16.1. The van der Waals surface area contributed by atoms with E-state index in [9.17, 15) is 9.59 Å². The predicted octanol–water partition coefficient (Wildman–Crippen LogP) is -0.173. The average Bonchev–Trinajstić information content (AvgIpc) is 3.06. The highest BCUT2D eigenvalue weighted by Gasteiger charge is 2.24. The van der Waals surface area contributed by atoms with E-state index in [-0.39, 0.29) is 17.6 Å². The number of H-pyrrole nitrogens is 1. The maximum Gasteiger partial charge on any atom is 0.250 e. The van der Waals surface area contributed by atoms with E-state index >= 15 is 0 Å². The monoisotopic (exact) mass is 317 g/mol. The van der Waals surface area contributed by atoms with Crippen LogP contribution in [0, 0.1) is 0 Å². The molecule has 8 nitrogen and oxygen atoms in total. The number of nitrogens with one attached hydrogen (secondary N) is 1. The van der Waals surface area contributed by atoms with E-state index in [0.717, 1.165) is 12.1 Å². The topological polar surface area (TPSA) is 93.1 Å². The van der Waals surface area contributed by atoms with Gasteiger partial charge in [0, 0.05) is 37.2 Å². The molecule has 1 aliphatic heterocycles. The highest BCUT2D eigenvalue weighted by atomic mass is 16.5. The number of carbonyl (C=O) groups excluding carboxylic acids is 1. The van der Waals surface area contributed by atoms with Gasteiger partial charge in [0.1, 0.15) is 6.54 Å². The lowest BCUT2D eigenvalue weighted by molar-refractivity contribution is -0.139. The summed E-state index contributed by atoms with van der Waals surface area (Å²) in [4.78, 5) is 35.9. The molecule has 3 rings (SSSR count). The maximum atomic E-state index is 12.3. The minimum absolute atomic E-state index is 0.0309. The van der Waals surface area contributed by atoms with Crippen molar-refractivity contribution >= 4 is 5.91 Å². The van der Waals surface area contributed by atoms with Crippen LogP contribution in [0.25, 0.3) is 0 Å². The van der Waals surface area contributed by atoms with Gasteiger partial charge in [-0.15, -0.1) is 0 Å². The van der Waals surface area contributed by atoms with Gasteiger partial charge in [0.05, 0.1) is 25.4 Å². The zero-order valence-corrected chi connectivity index (χ0v) is 12.7. The number of aromatic nitrogens is 4. The van der Waals surface area contributed by atoms with Crippen LogP contribution in [0.4, 0.5) is 0 Å². The van der Waals surface area contributed by atoms with Crippen LogP contribution in [0.2, 0.25) is 0 Å². The molecule has 0 unspecified atom stereocenters. The second kappa shape index (κ2) is 7.19. The fourth-order valence-electron chi connectivity index (χ4n) is 2.61. The number of ether oxygens (including phenoxy) is 1. The third-order valence-corrected chi connectivity index (χ3v) is 3.83. The van der Waals surface area contributed by atoms with Gasteiger partial charge in [-0.3, -0.25) is 9.59 Å². The van der Waals surface area contributed by atoms with Gasteiger partial charge in [-0.1, -0.05) is 0 Å². The Balaban J connectivity index is 1.51. The lowest BCUT2D eigenvalue weighted by atomic mass is 10.1. The molecule has 0 radical (unpaired) electrons. The van der Waals surface area contributed by atoms with Gasteiger partial charge in [0.15, 0.2) is 0 Å². The molecule has 1 saturated heterocycles. The largest absolute Gasteiger partial charge is 0.375 e. The van der Waals surface area contributed by atoms with Crippen LogP contribution in [0.15, 0.2) is 35.9 Å². The smallest absolute Gasteiger partial charge is 0.250 e. The Bertz CT molecular complexity index is 697. The number of carbonyl (C=O) groups is 1. The number of morpholine rings is 1. The molecule has 0 aromatic carbocycles. The van der Waals surface area contributed by atoms with Crippen molar-refractivity contribution in [3.05, 3.63) is 47.2 Å². The van der Waals surface area contributed by atoms with Crippen molar-refractivity contribution in [1.82, 2.24) is 24.4 Å². The van der Waals surface area contributed by atoms with Crippen molar-refractivity contribution in [2.75, 3.05) is 19.7 Å². The highest BCUT2D eigenvalue weighted by Crippen LogP contribution is 2.12. The average molecular weight is 317 g/mol. The van der Waals surface area contributed by atoms with Crippen molar-refractivity contribution in [3.8, 4) is 0 Å². The number of hydrogen-bond donors (Lipinski definition) is 1. The molecule has 1 N–H and O–H groups in total. The van der Waals surface area contributed by atoms with Crippen molar-refractivity contribution in [1.29, 1.82) is 0 Å². The SMILES string of the molecule is O=C(Cn1ccnc1)N1CCO[C@@H](CCc2cc(=O)[nH]cn2)C1. The Hall–Kier alpha value is -2.48. The van der Waals surface area contributed by atoms with Crippen LogP contribution in [-0.2, 0) is 22.5 Å². The molecular formula is C15H19N5O3. The Morgan fingerprint density at radius 3 is 3.17 bits per heavy atom. The summed E-state index contributed by atoms with van der Waals surface area (Å²) in [6, 6.07) is 1.49. The summed E-state index contributed by atoms with van der Waals surface area (Å²) in [6.45, 7) is 2.00. The molecule has 2 aromatic heterocycles. The molecule has 0 aliphatic carbocycles. The van der Waals surface area contributed by atoms with E-state index in [1.165, 1.54) is 12.4 Å².